The first-order valence-corrected chi connectivity index (χ1v) is 9.17. The Labute approximate surface area is 161 Å². The van der Waals surface area contributed by atoms with E-state index in [1.165, 1.54) is 6.07 Å². The molecule has 2 amide bonds. The Morgan fingerprint density at radius 3 is 2.86 bits per heavy atom. The highest BCUT2D eigenvalue weighted by Gasteiger charge is 2.24. The largest absolute Gasteiger partial charge is 0.347 e. The van der Waals surface area contributed by atoms with Crippen molar-refractivity contribution in [3.63, 3.8) is 0 Å². The second-order valence-electron chi connectivity index (χ2n) is 6.95. The Hall–Kier alpha value is -3.42. The number of para-hydroxylation sites is 1. The number of aromatic amines is 1. The minimum Gasteiger partial charge on any atom is -0.347 e. The quantitative estimate of drug-likeness (QED) is 0.703. The minimum absolute atomic E-state index is 0.0543. The van der Waals surface area contributed by atoms with Crippen LogP contribution in [0, 0.1) is 13.8 Å². The van der Waals surface area contributed by atoms with Gasteiger partial charge in [0.25, 0.3) is 5.56 Å². The van der Waals surface area contributed by atoms with Crippen molar-refractivity contribution in [3.8, 4) is 0 Å². The van der Waals surface area contributed by atoms with Gasteiger partial charge in [-0.3, -0.25) is 19.5 Å². The van der Waals surface area contributed by atoms with Gasteiger partial charge in [-0.2, -0.15) is 0 Å². The van der Waals surface area contributed by atoms with Gasteiger partial charge in [-0.25, -0.2) is 9.50 Å². The van der Waals surface area contributed by atoms with Gasteiger partial charge in [0.1, 0.15) is 0 Å². The third-order valence-electron chi connectivity index (χ3n) is 5.16. The number of aromatic nitrogens is 3. The first-order chi connectivity index (χ1) is 13.4. The number of hydrogen-bond acceptors (Lipinski definition) is 4. The lowest BCUT2D eigenvalue weighted by atomic mass is 10.1. The average molecular weight is 379 g/mol. The van der Waals surface area contributed by atoms with Crippen LogP contribution in [-0.2, 0) is 22.4 Å². The second-order valence-corrected chi connectivity index (χ2v) is 6.95. The molecule has 0 radical (unpaired) electrons. The molecule has 28 heavy (non-hydrogen) atoms. The lowest BCUT2D eigenvalue weighted by Gasteiger charge is -2.18. The summed E-state index contributed by atoms with van der Waals surface area (Å²) in [7, 11) is 0. The molecule has 8 nitrogen and oxygen atoms in total. The Kier molecular flexibility index (Phi) is 4.46. The van der Waals surface area contributed by atoms with E-state index in [-0.39, 0.29) is 30.3 Å². The van der Waals surface area contributed by atoms with Crippen molar-refractivity contribution < 1.29 is 9.59 Å². The zero-order valence-electron chi connectivity index (χ0n) is 15.8. The average Bonchev–Trinajstić information content (AvgIpc) is 3.26. The summed E-state index contributed by atoms with van der Waals surface area (Å²) in [5.41, 5.74) is 4.51. The minimum atomic E-state index is -0.261. The molecule has 3 heterocycles. The molecule has 0 bridgehead atoms. The maximum Gasteiger partial charge on any atom is 0.266 e. The first kappa shape index (κ1) is 18.0. The fraction of sp³-hybridized carbons (Fsp3) is 0.300. The van der Waals surface area contributed by atoms with Crippen LogP contribution in [0.25, 0.3) is 5.65 Å². The topological polar surface area (TPSA) is 99.6 Å². The van der Waals surface area contributed by atoms with Crippen LogP contribution in [0.2, 0.25) is 0 Å². The molecule has 3 aromatic rings. The number of anilines is 1. The maximum atomic E-state index is 12.5. The molecule has 1 aliphatic rings. The number of carbonyl (C=O) groups is 2. The number of fused-ring (bicyclic) bond motifs is 2. The predicted octanol–water partition coefficient (Wildman–Crippen LogP) is 0.887. The Balaban J connectivity index is 1.43. The van der Waals surface area contributed by atoms with Crippen LogP contribution < -0.4 is 15.8 Å². The van der Waals surface area contributed by atoms with Crippen molar-refractivity contribution in [1.29, 1.82) is 0 Å². The summed E-state index contributed by atoms with van der Waals surface area (Å²) in [4.78, 5) is 42.6. The molecule has 1 aliphatic heterocycles. The normalized spacial score (nSPS) is 13.0. The van der Waals surface area contributed by atoms with E-state index in [0.29, 0.717) is 17.9 Å². The number of amides is 2. The summed E-state index contributed by atoms with van der Waals surface area (Å²) in [5.74, 6) is -0.391. The van der Waals surface area contributed by atoms with Crippen LogP contribution in [0.3, 0.4) is 0 Å². The van der Waals surface area contributed by atoms with Crippen molar-refractivity contribution in [3.05, 3.63) is 63.2 Å². The maximum absolute atomic E-state index is 12.5. The van der Waals surface area contributed by atoms with Crippen LogP contribution in [0.1, 0.15) is 22.5 Å². The molecule has 0 atom stereocenters. The highest BCUT2D eigenvalue weighted by Crippen LogP contribution is 2.27. The summed E-state index contributed by atoms with van der Waals surface area (Å²) >= 11 is 0. The van der Waals surface area contributed by atoms with E-state index in [1.807, 2.05) is 31.2 Å². The number of carbonyl (C=O) groups excluding carboxylic acids is 2. The van der Waals surface area contributed by atoms with Crippen molar-refractivity contribution in [2.45, 2.75) is 26.7 Å². The zero-order valence-corrected chi connectivity index (χ0v) is 15.8. The molecule has 0 unspecified atom stereocenters. The van der Waals surface area contributed by atoms with Crippen molar-refractivity contribution in [1.82, 2.24) is 19.9 Å². The fourth-order valence-corrected chi connectivity index (χ4v) is 3.70. The number of rotatable bonds is 4. The smallest absolute Gasteiger partial charge is 0.266 e. The molecule has 1 aromatic carbocycles. The number of nitrogens with one attached hydrogen (secondary N) is 2. The molecular weight excluding hydrogens is 358 g/mol. The molecule has 0 saturated carbocycles. The molecule has 8 heteroatoms. The third-order valence-corrected chi connectivity index (χ3v) is 5.16. The fourth-order valence-electron chi connectivity index (χ4n) is 3.70. The Morgan fingerprint density at radius 1 is 1.25 bits per heavy atom. The van der Waals surface area contributed by atoms with Gasteiger partial charge in [-0.05, 0) is 31.9 Å². The van der Waals surface area contributed by atoms with Gasteiger partial charge in [0, 0.05) is 35.2 Å². The molecule has 2 aromatic heterocycles. The van der Waals surface area contributed by atoms with Crippen LogP contribution in [0.4, 0.5) is 5.69 Å². The molecule has 0 spiro atoms. The van der Waals surface area contributed by atoms with Gasteiger partial charge in [0.2, 0.25) is 11.8 Å². The highest BCUT2D eigenvalue weighted by molar-refractivity contribution is 5.98. The number of nitrogens with zero attached hydrogens (tertiary/aromatic N) is 3. The van der Waals surface area contributed by atoms with E-state index in [1.54, 1.807) is 16.3 Å². The van der Waals surface area contributed by atoms with Crippen LogP contribution in [0.5, 0.6) is 0 Å². The lowest BCUT2D eigenvalue weighted by Crippen LogP contribution is -2.40. The number of hydrogen-bond donors (Lipinski definition) is 2. The van der Waals surface area contributed by atoms with Gasteiger partial charge in [-0.1, -0.05) is 18.2 Å². The molecule has 0 fully saturated rings. The molecule has 2 N–H and O–H groups in total. The molecule has 4 rings (SSSR count). The van der Waals surface area contributed by atoms with E-state index in [9.17, 15) is 14.4 Å². The van der Waals surface area contributed by atoms with Gasteiger partial charge in [0.05, 0.1) is 13.0 Å². The molecule has 0 saturated heterocycles. The SMILES string of the molecule is Cc1nc2cc(=O)[nH]n2c(C)c1CC(=O)NCC(=O)N1CCc2ccccc21. The summed E-state index contributed by atoms with van der Waals surface area (Å²) in [5, 5.41) is 5.38. The van der Waals surface area contributed by atoms with E-state index in [2.05, 4.69) is 15.4 Å². The van der Waals surface area contributed by atoms with Crippen LogP contribution in [-0.4, -0.2) is 39.5 Å². The number of H-pyrrole nitrogens is 1. The summed E-state index contributed by atoms with van der Waals surface area (Å²) < 4.78 is 1.57. The van der Waals surface area contributed by atoms with Gasteiger partial charge in [-0.15, -0.1) is 0 Å². The standard InChI is InChI=1S/C20H21N5O3/c1-12-15(13(2)25-17(22-12)10-19(27)23-25)9-18(26)21-11-20(28)24-8-7-14-5-3-4-6-16(14)24/h3-6,10H,7-9,11H2,1-2H3,(H,21,26)(H,23,27). The zero-order chi connectivity index (χ0) is 19.8. The van der Waals surface area contributed by atoms with Crippen LogP contribution >= 0.6 is 0 Å². The monoisotopic (exact) mass is 379 g/mol. The summed E-state index contributed by atoms with van der Waals surface area (Å²) in [6.45, 7) is 4.21. The van der Waals surface area contributed by atoms with Crippen molar-refractivity contribution in [2.75, 3.05) is 18.0 Å². The summed E-state index contributed by atoms with van der Waals surface area (Å²) in [6.07, 6.45) is 0.916. The van der Waals surface area contributed by atoms with Gasteiger partial charge in [0.15, 0.2) is 5.65 Å². The van der Waals surface area contributed by atoms with E-state index in [4.69, 9.17) is 0 Å². The first-order valence-electron chi connectivity index (χ1n) is 9.17. The molecule has 0 aliphatic carbocycles. The molecular formula is C20H21N5O3. The van der Waals surface area contributed by atoms with E-state index < -0.39 is 0 Å². The van der Waals surface area contributed by atoms with Crippen molar-refractivity contribution >= 4 is 23.1 Å². The Morgan fingerprint density at radius 2 is 2.04 bits per heavy atom. The van der Waals surface area contributed by atoms with Crippen LogP contribution in [0.15, 0.2) is 35.1 Å². The van der Waals surface area contributed by atoms with E-state index >= 15 is 0 Å². The van der Waals surface area contributed by atoms with Crippen molar-refractivity contribution in [2.24, 2.45) is 0 Å². The van der Waals surface area contributed by atoms with Gasteiger partial charge >= 0.3 is 0 Å². The Bertz CT molecular complexity index is 1140. The predicted molar refractivity (Wildman–Crippen MR) is 104 cm³/mol. The molecule has 144 valence electrons. The van der Waals surface area contributed by atoms with Gasteiger partial charge < -0.3 is 10.2 Å². The highest BCUT2D eigenvalue weighted by atomic mass is 16.2. The summed E-state index contributed by atoms with van der Waals surface area (Å²) in [6, 6.07) is 9.22. The second kappa shape index (κ2) is 6.95. The third kappa shape index (κ3) is 3.17. The number of benzene rings is 1. The van der Waals surface area contributed by atoms with E-state index in [0.717, 1.165) is 28.9 Å². The lowest BCUT2D eigenvalue weighted by molar-refractivity contribution is -0.124. The number of aryl methyl sites for hydroxylation is 2.